The van der Waals surface area contributed by atoms with Crippen LogP contribution in [-0.2, 0) is 0 Å². The first-order valence-electron chi connectivity index (χ1n) is 6.70. The van der Waals surface area contributed by atoms with Crippen molar-refractivity contribution in [3.05, 3.63) is 35.6 Å². The fourth-order valence-corrected chi connectivity index (χ4v) is 2.64. The Morgan fingerprint density at radius 2 is 2.22 bits per heavy atom. The third-order valence-electron chi connectivity index (χ3n) is 3.79. The first-order chi connectivity index (χ1) is 8.46. The molecule has 0 aromatic heterocycles. The van der Waals surface area contributed by atoms with Gasteiger partial charge < -0.3 is 10.6 Å². The first-order valence-corrected chi connectivity index (χ1v) is 6.70. The molecule has 1 aromatic rings. The van der Waals surface area contributed by atoms with E-state index in [-0.39, 0.29) is 11.9 Å². The van der Waals surface area contributed by atoms with Gasteiger partial charge in [0.15, 0.2) is 0 Å². The molecule has 0 amide bonds. The van der Waals surface area contributed by atoms with E-state index in [4.69, 9.17) is 5.73 Å². The molecule has 1 unspecified atom stereocenters. The molecule has 18 heavy (non-hydrogen) atoms. The zero-order valence-electron chi connectivity index (χ0n) is 11.3. The summed E-state index contributed by atoms with van der Waals surface area (Å²) < 4.78 is 13.1. The number of likely N-dealkylation sites (tertiary alicyclic amines) is 1. The fraction of sp³-hybridized carbons (Fsp3) is 0.600. The number of hydrogen-bond acceptors (Lipinski definition) is 2. The average molecular weight is 250 g/mol. The van der Waals surface area contributed by atoms with Crippen molar-refractivity contribution in [1.29, 1.82) is 0 Å². The Morgan fingerprint density at radius 3 is 2.83 bits per heavy atom. The van der Waals surface area contributed by atoms with E-state index in [2.05, 4.69) is 18.7 Å². The summed E-state index contributed by atoms with van der Waals surface area (Å²) in [6, 6.07) is 6.56. The molecule has 2 rings (SSSR count). The second-order valence-electron chi connectivity index (χ2n) is 6.14. The SMILES string of the molecule is CC1(C)CCN(CCC(N)c2cccc(F)c2)C1. The van der Waals surface area contributed by atoms with Crippen LogP contribution in [0.1, 0.15) is 38.3 Å². The maximum atomic E-state index is 13.1. The number of nitrogens with two attached hydrogens (primary N) is 1. The van der Waals surface area contributed by atoms with Gasteiger partial charge in [-0.15, -0.1) is 0 Å². The van der Waals surface area contributed by atoms with Gasteiger partial charge in [0.25, 0.3) is 0 Å². The molecule has 0 radical (unpaired) electrons. The summed E-state index contributed by atoms with van der Waals surface area (Å²) in [6.45, 7) is 7.91. The molecular formula is C15H23FN2. The van der Waals surface area contributed by atoms with Crippen LogP contribution < -0.4 is 5.73 Å². The smallest absolute Gasteiger partial charge is 0.123 e. The maximum Gasteiger partial charge on any atom is 0.123 e. The van der Waals surface area contributed by atoms with Crippen LogP contribution in [0.5, 0.6) is 0 Å². The summed E-state index contributed by atoms with van der Waals surface area (Å²) in [5.41, 5.74) is 7.45. The number of rotatable bonds is 4. The van der Waals surface area contributed by atoms with E-state index in [0.717, 1.165) is 31.6 Å². The predicted molar refractivity (Wildman–Crippen MR) is 72.8 cm³/mol. The van der Waals surface area contributed by atoms with Gasteiger partial charge in [0.2, 0.25) is 0 Å². The molecule has 100 valence electrons. The molecule has 0 saturated carbocycles. The van der Waals surface area contributed by atoms with Crippen LogP contribution in [0.4, 0.5) is 4.39 Å². The fourth-order valence-electron chi connectivity index (χ4n) is 2.64. The van der Waals surface area contributed by atoms with Crippen molar-refractivity contribution in [3.63, 3.8) is 0 Å². The van der Waals surface area contributed by atoms with Gasteiger partial charge in [0.1, 0.15) is 5.82 Å². The molecule has 3 heteroatoms. The van der Waals surface area contributed by atoms with E-state index in [1.165, 1.54) is 12.5 Å². The lowest BCUT2D eigenvalue weighted by molar-refractivity contribution is 0.281. The molecule has 1 fully saturated rings. The van der Waals surface area contributed by atoms with Crippen molar-refractivity contribution in [1.82, 2.24) is 4.90 Å². The molecule has 2 N–H and O–H groups in total. The summed E-state index contributed by atoms with van der Waals surface area (Å²) in [5, 5.41) is 0. The van der Waals surface area contributed by atoms with E-state index < -0.39 is 0 Å². The lowest BCUT2D eigenvalue weighted by atomic mass is 9.93. The van der Waals surface area contributed by atoms with E-state index in [1.54, 1.807) is 12.1 Å². The van der Waals surface area contributed by atoms with Crippen LogP contribution in [0, 0.1) is 11.2 Å². The molecule has 1 aliphatic rings. The summed E-state index contributed by atoms with van der Waals surface area (Å²) in [7, 11) is 0. The second-order valence-corrected chi connectivity index (χ2v) is 6.14. The number of nitrogens with zero attached hydrogens (tertiary/aromatic N) is 1. The minimum absolute atomic E-state index is 0.0654. The van der Waals surface area contributed by atoms with Crippen LogP contribution in [0.25, 0.3) is 0 Å². The predicted octanol–water partition coefficient (Wildman–Crippen LogP) is 2.95. The van der Waals surface area contributed by atoms with Crippen LogP contribution in [-0.4, -0.2) is 24.5 Å². The largest absolute Gasteiger partial charge is 0.324 e. The van der Waals surface area contributed by atoms with Crippen molar-refractivity contribution < 1.29 is 4.39 Å². The van der Waals surface area contributed by atoms with Gasteiger partial charge >= 0.3 is 0 Å². The molecular weight excluding hydrogens is 227 g/mol. The Kier molecular flexibility index (Phi) is 4.03. The summed E-state index contributed by atoms with van der Waals surface area (Å²) in [4.78, 5) is 2.46. The van der Waals surface area contributed by atoms with Crippen molar-refractivity contribution in [2.24, 2.45) is 11.1 Å². The van der Waals surface area contributed by atoms with E-state index in [0.29, 0.717) is 5.41 Å². The van der Waals surface area contributed by atoms with Gasteiger partial charge in [-0.25, -0.2) is 4.39 Å². The monoisotopic (exact) mass is 250 g/mol. The normalized spacial score (nSPS) is 21.1. The van der Waals surface area contributed by atoms with Gasteiger partial charge in [0, 0.05) is 12.6 Å². The minimum Gasteiger partial charge on any atom is -0.324 e. The van der Waals surface area contributed by atoms with E-state index >= 15 is 0 Å². The zero-order chi connectivity index (χ0) is 13.2. The summed E-state index contributed by atoms with van der Waals surface area (Å²) >= 11 is 0. The van der Waals surface area contributed by atoms with Crippen LogP contribution in [0.15, 0.2) is 24.3 Å². The first kappa shape index (κ1) is 13.5. The molecule has 1 aliphatic heterocycles. The van der Waals surface area contributed by atoms with E-state index in [1.807, 2.05) is 6.07 Å². The average Bonchev–Trinajstić information content (AvgIpc) is 2.66. The lowest BCUT2D eigenvalue weighted by Gasteiger charge is -2.21. The van der Waals surface area contributed by atoms with E-state index in [9.17, 15) is 4.39 Å². The second kappa shape index (κ2) is 5.37. The van der Waals surface area contributed by atoms with Crippen LogP contribution in [0.2, 0.25) is 0 Å². The minimum atomic E-state index is -0.203. The van der Waals surface area contributed by atoms with Crippen molar-refractivity contribution >= 4 is 0 Å². The quantitative estimate of drug-likeness (QED) is 0.890. The molecule has 1 heterocycles. The van der Waals surface area contributed by atoms with Crippen LogP contribution in [0.3, 0.4) is 0 Å². The van der Waals surface area contributed by atoms with Gasteiger partial charge in [-0.05, 0) is 49.0 Å². The molecule has 0 spiro atoms. The third kappa shape index (κ3) is 3.53. The molecule has 1 aromatic carbocycles. The highest BCUT2D eigenvalue weighted by Gasteiger charge is 2.28. The highest BCUT2D eigenvalue weighted by molar-refractivity contribution is 5.19. The topological polar surface area (TPSA) is 29.3 Å². The zero-order valence-corrected chi connectivity index (χ0v) is 11.3. The van der Waals surface area contributed by atoms with Gasteiger partial charge in [-0.2, -0.15) is 0 Å². The standard InChI is InChI=1S/C15H23FN2/c1-15(2)7-9-18(11-15)8-6-14(17)12-4-3-5-13(16)10-12/h3-5,10,14H,6-9,11,17H2,1-2H3. The third-order valence-corrected chi connectivity index (χ3v) is 3.79. The van der Waals surface area contributed by atoms with Gasteiger partial charge in [0.05, 0.1) is 0 Å². The Bertz CT molecular complexity index is 403. The Labute approximate surface area is 109 Å². The van der Waals surface area contributed by atoms with Crippen molar-refractivity contribution in [2.75, 3.05) is 19.6 Å². The molecule has 0 bridgehead atoms. The van der Waals surface area contributed by atoms with Crippen molar-refractivity contribution in [2.45, 2.75) is 32.7 Å². The van der Waals surface area contributed by atoms with Gasteiger partial charge in [-0.3, -0.25) is 0 Å². The summed E-state index contributed by atoms with van der Waals surface area (Å²) in [5.74, 6) is -0.203. The van der Waals surface area contributed by atoms with Crippen LogP contribution >= 0.6 is 0 Å². The molecule has 1 atom stereocenters. The molecule has 1 saturated heterocycles. The lowest BCUT2D eigenvalue weighted by Crippen LogP contribution is -2.27. The Hall–Kier alpha value is -0.930. The maximum absolute atomic E-state index is 13.1. The summed E-state index contributed by atoms with van der Waals surface area (Å²) in [6.07, 6.45) is 2.14. The van der Waals surface area contributed by atoms with Crippen molar-refractivity contribution in [3.8, 4) is 0 Å². The Morgan fingerprint density at radius 1 is 1.44 bits per heavy atom. The number of halogens is 1. The number of hydrogen-bond donors (Lipinski definition) is 1. The Balaban J connectivity index is 1.84. The highest BCUT2D eigenvalue weighted by Crippen LogP contribution is 2.29. The molecule has 0 aliphatic carbocycles. The molecule has 2 nitrogen and oxygen atoms in total. The van der Waals surface area contributed by atoms with Gasteiger partial charge in [-0.1, -0.05) is 26.0 Å². The number of benzene rings is 1. The highest BCUT2D eigenvalue weighted by atomic mass is 19.1.